The standard InChI is InChI=1S/C13H15ClN4OS/c14-12-4-2-1-3-10(12)9-20-13-15-16-17-18(13)11-5-7-19-8-6-11/h1-4,11H,5-9H2. The Kier molecular flexibility index (Phi) is 4.54. The van der Waals surface area contributed by atoms with E-state index in [4.69, 9.17) is 16.3 Å². The summed E-state index contributed by atoms with van der Waals surface area (Å²) in [6, 6.07) is 8.19. The molecule has 7 heteroatoms. The maximum absolute atomic E-state index is 6.16. The summed E-state index contributed by atoms with van der Waals surface area (Å²) in [5.74, 6) is 0.767. The van der Waals surface area contributed by atoms with Crippen molar-refractivity contribution in [1.29, 1.82) is 0 Å². The summed E-state index contributed by atoms with van der Waals surface area (Å²) >= 11 is 7.78. The molecule has 0 radical (unpaired) electrons. The minimum atomic E-state index is 0.340. The van der Waals surface area contributed by atoms with Crippen LogP contribution in [0.4, 0.5) is 0 Å². The van der Waals surface area contributed by atoms with Crippen molar-refractivity contribution in [2.24, 2.45) is 0 Å². The van der Waals surface area contributed by atoms with Gasteiger partial charge in [0.25, 0.3) is 0 Å². The normalized spacial score (nSPS) is 16.4. The highest BCUT2D eigenvalue weighted by Gasteiger charge is 2.20. The maximum atomic E-state index is 6.16. The van der Waals surface area contributed by atoms with Crippen molar-refractivity contribution in [3.8, 4) is 0 Å². The second-order valence-electron chi connectivity index (χ2n) is 4.63. The zero-order valence-electron chi connectivity index (χ0n) is 10.9. The van der Waals surface area contributed by atoms with E-state index in [1.165, 1.54) is 0 Å². The largest absolute Gasteiger partial charge is 0.381 e. The molecule has 1 saturated heterocycles. The Morgan fingerprint density at radius 2 is 2.10 bits per heavy atom. The fourth-order valence-corrected chi connectivity index (χ4v) is 3.43. The van der Waals surface area contributed by atoms with Gasteiger partial charge in [-0.1, -0.05) is 41.6 Å². The number of benzene rings is 1. The lowest BCUT2D eigenvalue weighted by Crippen LogP contribution is -2.21. The minimum absolute atomic E-state index is 0.340. The van der Waals surface area contributed by atoms with E-state index in [-0.39, 0.29) is 0 Å². The average Bonchev–Trinajstić information content (AvgIpc) is 2.96. The Balaban J connectivity index is 1.69. The lowest BCUT2D eigenvalue weighted by Gasteiger charge is -2.22. The summed E-state index contributed by atoms with van der Waals surface area (Å²) in [5, 5.41) is 13.7. The topological polar surface area (TPSA) is 52.8 Å². The molecule has 1 aliphatic heterocycles. The summed E-state index contributed by atoms with van der Waals surface area (Å²) in [6.45, 7) is 1.55. The molecule has 1 aromatic carbocycles. The van der Waals surface area contributed by atoms with Crippen molar-refractivity contribution >= 4 is 23.4 Å². The van der Waals surface area contributed by atoms with Gasteiger partial charge < -0.3 is 4.74 Å². The van der Waals surface area contributed by atoms with E-state index in [0.717, 1.165) is 47.6 Å². The van der Waals surface area contributed by atoms with E-state index < -0.39 is 0 Å². The van der Waals surface area contributed by atoms with Crippen LogP contribution in [0.5, 0.6) is 0 Å². The van der Waals surface area contributed by atoms with E-state index in [1.807, 2.05) is 28.9 Å². The molecule has 0 unspecified atom stereocenters. The van der Waals surface area contributed by atoms with Gasteiger partial charge in [0, 0.05) is 24.0 Å². The van der Waals surface area contributed by atoms with Gasteiger partial charge in [0.15, 0.2) is 0 Å². The third-order valence-electron chi connectivity index (χ3n) is 3.31. The number of thioether (sulfide) groups is 1. The molecular weight excluding hydrogens is 296 g/mol. The van der Waals surface area contributed by atoms with E-state index in [2.05, 4.69) is 15.5 Å². The van der Waals surface area contributed by atoms with E-state index >= 15 is 0 Å². The molecule has 106 valence electrons. The monoisotopic (exact) mass is 310 g/mol. The van der Waals surface area contributed by atoms with Crippen LogP contribution in [0.15, 0.2) is 29.4 Å². The quantitative estimate of drug-likeness (QED) is 0.813. The van der Waals surface area contributed by atoms with Crippen LogP contribution < -0.4 is 0 Å². The molecule has 1 aliphatic rings. The summed E-state index contributed by atoms with van der Waals surface area (Å²) in [4.78, 5) is 0. The fourth-order valence-electron chi connectivity index (χ4n) is 2.20. The van der Waals surface area contributed by atoms with Gasteiger partial charge in [0.1, 0.15) is 0 Å². The van der Waals surface area contributed by atoms with Crippen LogP contribution in [0.25, 0.3) is 0 Å². The maximum Gasteiger partial charge on any atom is 0.209 e. The first-order valence-electron chi connectivity index (χ1n) is 6.56. The molecule has 0 saturated carbocycles. The van der Waals surface area contributed by atoms with Crippen molar-refractivity contribution in [2.75, 3.05) is 13.2 Å². The van der Waals surface area contributed by atoms with Gasteiger partial charge in [-0.25, -0.2) is 4.68 Å². The van der Waals surface area contributed by atoms with Crippen LogP contribution in [0, 0.1) is 0 Å². The number of hydrogen-bond donors (Lipinski definition) is 0. The molecule has 0 N–H and O–H groups in total. The molecule has 0 spiro atoms. The summed E-state index contributed by atoms with van der Waals surface area (Å²) in [7, 11) is 0. The highest BCUT2D eigenvalue weighted by Crippen LogP contribution is 2.28. The van der Waals surface area contributed by atoms with E-state index in [9.17, 15) is 0 Å². The molecule has 0 bridgehead atoms. The van der Waals surface area contributed by atoms with Crippen LogP contribution >= 0.6 is 23.4 Å². The van der Waals surface area contributed by atoms with Crippen LogP contribution in [-0.4, -0.2) is 33.4 Å². The number of nitrogens with zero attached hydrogens (tertiary/aromatic N) is 4. The Bertz CT molecular complexity index is 571. The molecule has 1 aromatic heterocycles. The Labute approximate surface area is 126 Å². The molecular formula is C13H15ClN4OS. The van der Waals surface area contributed by atoms with Crippen molar-refractivity contribution in [3.05, 3.63) is 34.9 Å². The number of halogens is 1. The van der Waals surface area contributed by atoms with Gasteiger partial charge in [-0.15, -0.1) is 5.10 Å². The van der Waals surface area contributed by atoms with Crippen LogP contribution in [0.1, 0.15) is 24.4 Å². The summed E-state index contributed by atoms with van der Waals surface area (Å²) in [5.41, 5.74) is 1.10. The molecule has 20 heavy (non-hydrogen) atoms. The van der Waals surface area contributed by atoms with Gasteiger partial charge in [-0.05, 0) is 34.9 Å². The number of ether oxygens (including phenoxy) is 1. The number of rotatable bonds is 4. The van der Waals surface area contributed by atoms with E-state index in [0.29, 0.717) is 6.04 Å². The Morgan fingerprint density at radius 3 is 2.90 bits per heavy atom. The second kappa shape index (κ2) is 6.56. The molecule has 2 heterocycles. The third-order valence-corrected chi connectivity index (χ3v) is 4.66. The fraction of sp³-hybridized carbons (Fsp3) is 0.462. The van der Waals surface area contributed by atoms with Crippen LogP contribution in [-0.2, 0) is 10.5 Å². The number of aromatic nitrogens is 4. The molecule has 5 nitrogen and oxygen atoms in total. The van der Waals surface area contributed by atoms with Gasteiger partial charge in [-0.3, -0.25) is 0 Å². The summed E-state index contributed by atoms with van der Waals surface area (Å²) < 4.78 is 7.30. The Hall–Kier alpha value is -1.11. The minimum Gasteiger partial charge on any atom is -0.381 e. The highest BCUT2D eigenvalue weighted by atomic mass is 35.5. The number of tetrazole rings is 1. The third kappa shape index (κ3) is 3.13. The highest BCUT2D eigenvalue weighted by molar-refractivity contribution is 7.98. The smallest absolute Gasteiger partial charge is 0.209 e. The van der Waals surface area contributed by atoms with Crippen molar-refractivity contribution < 1.29 is 4.74 Å². The SMILES string of the molecule is Clc1ccccc1CSc1nnnn1C1CCOCC1. The first kappa shape index (κ1) is 13.9. The molecule has 2 aromatic rings. The zero-order chi connectivity index (χ0) is 13.8. The molecule has 0 atom stereocenters. The van der Waals surface area contributed by atoms with Gasteiger partial charge in [0.2, 0.25) is 5.16 Å². The van der Waals surface area contributed by atoms with Crippen LogP contribution in [0.3, 0.4) is 0 Å². The molecule has 0 amide bonds. The van der Waals surface area contributed by atoms with Crippen LogP contribution in [0.2, 0.25) is 5.02 Å². The second-order valence-corrected chi connectivity index (χ2v) is 5.98. The van der Waals surface area contributed by atoms with Crippen molar-refractivity contribution in [1.82, 2.24) is 20.2 Å². The van der Waals surface area contributed by atoms with Gasteiger partial charge in [0.05, 0.1) is 6.04 Å². The predicted molar refractivity (Wildman–Crippen MR) is 77.9 cm³/mol. The summed E-state index contributed by atoms with van der Waals surface area (Å²) in [6.07, 6.45) is 1.93. The molecule has 0 aliphatic carbocycles. The zero-order valence-corrected chi connectivity index (χ0v) is 12.5. The Morgan fingerprint density at radius 1 is 1.30 bits per heavy atom. The van der Waals surface area contributed by atoms with Gasteiger partial charge in [-0.2, -0.15) is 0 Å². The lowest BCUT2D eigenvalue weighted by atomic mass is 10.1. The van der Waals surface area contributed by atoms with Crippen molar-refractivity contribution in [3.63, 3.8) is 0 Å². The first-order chi connectivity index (χ1) is 9.84. The lowest BCUT2D eigenvalue weighted by molar-refractivity contribution is 0.0631. The molecule has 3 rings (SSSR count). The van der Waals surface area contributed by atoms with E-state index in [1.54, 1.807) is 11.8 Å². The van der Waals surface area contributed by atoms with Crippen molar-refractivity contribution in [2.45, 2.75) is 29.8 Å². The molecule has 1 fully saturated rings. The first-order valence-corrected chi connectivity index (χ1v) is 7.93. The predicted octanol–water partition coefficient (Wildman–Crippen LogP) is 2.97. The number of hydrogen-bond acceptors (Lipinski definition) is 5. The average molecular weight is 311 g/mol. The van der Waals surface area contributed by atoms with Gasteiger partial charge >= 0.3 is 0 Å².